The van der Waals surface area contributed by atoms with Crippen LogP contribution in [-0.4, -0.2) is 11.7 Å². The highest BCUT2D eigenvalue weighted by Crippen LogP contribution is 1.98. The van der Waals surface area contributed by atoms with Crippen LogP contribution in [0, 0.1) is 0 Å². The van der Waals surface area contributed by atoms with Crippen LogP contribution >= 0.6 is 11.6 Å². The summed E-state index contributed by atoms with van der Waals surface area (Å²) in [5.41, 5.74) is 0. The maximum Gasteiger partial charge on any atom is 0.134 e. The molecule has 0 fully saturated rings. The third kappa shape index (κ3) is 5.84. The standard InChI is InChI=1S/C7H13ClO/c1-2-3-4-7(9)5-6-8/h2-6H2,1H3. The molecular formula is C7H13ClO. The largest absolute Gasteiger partial charge is 0.300 e. The molecule has 0 bridgehead atoms. The molecule has 0 aromatic carbocycles. The van der Waals surface area contributed by atoms with Crippen molar-refractivity contribution in [3.05, 3.63) is 0 Å². The highest BCUT2D eigenvalue weighted by atomic mass is 35.5. The molecule has 54 valence electrons. The summed E-state index contributed by atoms with van der Waals surface area (Å²) in [5.74, 6) is 0.773. The quantitative estimate of drug-likeness (QED) is 0.548. The summed E-state index contributed by atoms with van der Waals surface area (Å²) in [6.45, 7) is 2.08. The molecule has 0 N–H and O–H groups in total. The van der Waals surface area contributed by atoms with Gasteiger partial charge in [-0.05, 0) is 6.42 Å². The summed E-state index contributed by atoms with van der Waals surface area (Å²) in [4.78, 5) is 10.7. The van der Waals surface area contributed by atoms with E-state index in [0.717, 1.165) is 12.8 Å². The number of hydrogen-bond acceptors (Lipinski definition) is 1. The normalized spacial score (nSPS) is 9.56. The number of halogens is 1. The Morgan fingerprint density at radius 3 is 2.56 bits per heavy atom. The zero-order valence-corrected chi connectivity index (χ0v) is 6.58. The average Bonchev–Trinajstić information content (AvgIpc) is 1.85. The van der Waals surface area contributed by atoms with Crippen molar-refractivity contribution in [2.24, 2.45) is 0 Å². The minimum absolute atomic E-state index is 0.298. The van der Waals surface area contributed by atoms with E-state index in [1.54, 1.807) is 0 Å². The van der Waals surface area contributed by atoms with Gasteiger partial charge in [0.05, 0.1) is 0 Å². The number of carbonyl (C=O) groups is 1. The number of carbonyl (C=O) groups excluding carboxylic acids is 1. The lowest BCUT2D eigenvalue weighted by Crippen LogP contribution is -1.97. The van der Waals surface area contributed by atoms with Crippen molar-refractivity contribution >= 4 is 17.4 Å². The van der Waals surface area contributed by atoms with E-state index in [2.05, 4.69) is 6.92 Å². The van der Waals surface area contributed by atoms with Gasteiger partial charge in [0.15, 0.2) is 0 Å². The summed E-state index contributed by atoms with van der Waals surface area (Å²) in [6.07, 6.45) is 3.36. The first-order valence-corrected chi connectivity index (χ1v) is 3.92. The van der Waals surface area contributed by atoms with Gasteiger partial charge in [-0.15, -0.1) is 11.6 Å². The molecule has 0 rings (SSSR count). The number of hydrogen-bond donors (Lipinski definition) is 0. The molecule has 0 aliphatic heterocycles. The maximum absolute atomic E-state index is 10.7. The first kappa shape index (κ1) is 8.96. The molecule has 0 aromatic heterocycles. The van der Waals surface area contributed by atoms with Crippen LogP contribution in [-0.2, 0) is 4.79 Å². The Morgan fingerprint density at radius 1 is 1.44 bits per heavy atom. The fraction of sp³-hybridized carbons (Fsp3) is 0.857. The van der Waals surface area contributed by atoms with Crippen LogP contribution in [0.3, 0.4) is 0 Å². The Kier molecular flexibility index (Phi) is 6.06. The van der Waals surface area contributed by atoms with E-state index in [1.165, 1.54) is 0 Å². The molecule has 1 nitrogen and oxygen atoms in total. The number of unbranched alkanes of at least 4 members (excludes halogenated alkanes) is 1. The van der Waals surface area contributed by atoms with Crippen LogP contribution in [0.1, 0.15) is 32.6 Å². The SMILES string of the molecule is CCCCC(=O)CCCl. The molecule has 0 amide bonds. The second-order valence-corrected chi connectivity index (χ2v) is 2.46. The summed E-state index contributed by atoms with van der Waals surface area (Å²) < 4.78 is 0. The Labute approximate surface area is 61.4 Å². The van der Waals surface area contributed by atoms with Crippen molar-refractivity contribution in [3.63, 3.8) is 0 Å². The molecule has 0 heterocycles. The highest BCUT2D eigenvalue weighted by Gasteiger charge is 1.97. The second-order valence-electron chi connectivity index (χ2n) is 2.08. The van der Waals surface area contributed by atoms with E-state index in [4.69, 9.17) is 11.6 Å². The van der Waals surface area contributed by atoms with Gasteiger partial charge in [0.2, 0.25) is 0 Å². The minimum atomic E-state index is 0.298. The Hall–Kier alpha value is -0.0400. The summed E-state index contributed by atoms with van der Waals surface area (Å²) in [7, 11) is 0. The van der Waals surface area contributed by atoms with Gasteiger partial charge in [-0.3, -0.25) is 4.79 Å². The van der Waals surface area contributed by atoms with Crippen LogP contribution in [0.25, 0.3) is 0 Å². The molecule has 0 spiro atoms. The van der Waals surface area contributed by atoms with Crippen LogP contribution in [0.15, 0.2) is 0 Å². The number of alkyl halides is 1. The lowest BCUT2D eigenvalue weighted by atomic mass is 10.1. The zero-order valence-electron chi connectivity index (χ0n) is 5.82. The minimum Gasteiger partial charge on any atom is -0.300 e. The van der Waals surface area contributed by atoms with Crippen molar-refractivity contribution in [3.8, 4) is 0 Å². The monoisotopic (exact) mass is 148 g/mol. The van der Waals surface area contributed by atoms with Crippen molar-refractivity contribution in [1.82, 2.24) is 0 Å². The Bertz CT molecular complexity index is 81.0. The third-order valence-electron chi connectivity index (χ3n) is 1.18. The van der Waals surface area contributed by atoms with E-state index >= 15 is 0 Å². The molecule has 2 heteroatoms. The topological polar surface area (TPSA) is 17.1 Å². The van der Waals surface area contributed by atoms with E-state index in [0.29, 0.717) is 24.5 Å². The third-order valence-corrected chi connectivity index (χ3v) is 1.37. The molecule has 9 heavy (non-hydrogen) atoms. The van der Waals surface area contributed by atoms with Crippen molar-refractivity contribution in [2.45, 2.75) is 32.6 Å². The molecule has 0 aliphatic carbocycles. The molecule has 0 aliphatic rings. The smallest absolute Gasteiger partial charge is 0.134 e. The summed E-state index contributed by atoms with van der Waals surface area (Å²) in [5, 5.41) is 0. The van der Waals surface area contributed by atoms with Gasteiger partial charge in [-0.2, -0.15) is 0 Å². The van der Waals surface area contributed by atoms with E-state index < -0.39 is 0 Å². The lowest BCUT2D eigenvalue weighted by Gasteiger charge is -1.93. The molecule has 0 aromatic rings. The zero-order chi connectivity index (χ0) is 7.11. The second kappa shape index (κ2) is 6.09. The molecule has 0 atom stereocenters. The average molecular weight is 149 g/mol. The maximum atomic E-state index is 10.7. The first-order valence-electron chi connectivity index (χ1n) is 3.39. The fourth-order valence-corrected chi connectivity index (χ4v) is 0.815. The fourth-order valence-electron chi connectivity index (χ4n) is 0.604. The number of rotatable bonds is 5. The highest BCUT2D eigenvalue weighted by molar-refractivity contribution is 6.18. The number of Topliss-reactive ketones (excluding diaryl/α,β-unsaturated/α-hetero) is 1. The predicted molar refractivity (Wildman–Crippen MR) is 39.9 cm³/mol. The van der Waals surface area contributed by atoms with Gasteiger partial charge in [0.1, 0.15) is 5.78 Å². The molecule has 0 saturated carbocycles. The molecule has 0 unspecified atom stereocenters. The predicted octanol–water partition coefficient (Wildman–Crippen LogP) is 2.37. The van der Waals surface area contributed by atoms with Gasteiger partial charge in [0.25, 0.3) is 0 Å². The van der Waals surface area contributed by atoms with Crippen molar-refractivity contribution in [2.75, 3.05) is 5.88 Å². The first-order chi connectivity index (χ1) is 4.31. The summed E-state index contributed by atoms with van der Waals surface area (Å²) >= 11 is 5.35. The van der Waals surface area contributed by atoms with Gasteiger partial charge in [-0.25, -0.2) is 0 Å². The van der Waals surface area contributed by atoms with Crippen molar-refractivity contribution in [1.29, 1.82) is 0 Å². The van der Waals surface area contributed by atoms with Gasteiger partial charge >= 0.3 is 0 Å². The Morgan fingerprint density at radius 2 is 2.11 bits per heavy atom. The van der Waals surface area contributed by atoms with Gasteiger partial charge < -0.3 is 0 Å². The Balaban J connectivity index is 3.06. The van der Waals surface area contributed by atoms with Crippen LogP contribution in [0.4, 0.5) is 0 Å². The van der Waals surface area contributed by atoms with Crippen molar-refractivity contribution < 1.29 is 4.79 Å². The van der Waals surface area contributed by atoms with E-state index in [-0.39, 0.29) is 0 Å². The summed E-state index contributed by atoms with van der Waals surface area (Å²) in [6, 6.07) is 0. The molecule has 0 radical (unpaired) electrons. The van der Waals surface area contributed by atoms with Crippen LogP contribution in [0.2, 0.25) is 0 Å². The van der Waals surface area contributed by atoms with Gasteiger partial charge in [-0.1, -0.05) is 13.3 Å². The lowest BCUT2D eigenvalue weighted by molar-refractivity contribution is -0.118. The van der Waals surface area contributed by atoms with Crippen LogP contribution < -0.4 is 0 Å². The molecule has 0 saturated heterocycles. The number of ketones is 1. The molecular weight excluding hydrogens is 136 g/mol. The van der Waals surface area contributed by atoms with Gasteiger partial charge in [0, 0.05) is 18.7 Å². The van der Waals surface area contributed by atoms with Crippen LogP contribution in [0.5, 0.6) is 0 Å². The van der Waals surface area contributed by atoms with E-state index in [9.17, 15) is 4.79 Å². The van der Waals surface area contributed by atoms with E-state index in [1.807, 2.05) is 0 Å².